The van der Waals surface area contributed by atoms with Gasteiger partial charge in [-0.2, -0.15) is 0 Å². The molecule has 12 heteroatoms. The molecule has 0 saturated carbocycles. The number of amides is 4. The van der Waals surface area contributed by atoms with Gasteiger partial charge in [-0.05, 0) is 11.8 Å². The van der Waals surface area contributed by atoms with Crippen molar-refractivity contribution in [1.82, 2.24) is 16.0 Å². The Balaban J connectivity index is 5.38. The summed E-state index contributed by atoms with van der Waals surface area (Å²) in [7, 11) is 0. The molecule has 0 aromatic heterocycles. The molecule has 4 atom stereocenters. The van der Waals surface area contributed by atoms with Crippen molar-refractivity contribution in [3.05, 3.63) is 0 Å². The number of hydrogen-bond donors (Lipinski definition) is 7. The monoisotopic (exact) mass is 417 g/mol. The zero-order valence-corrected chi connectivity index (χ0v) is 17.0. The molecule has 0 saturated heterocycles. The highest BCUT2D eigenvalue weighted by molar-refractivity contribution is 5.96. The van der Waals surface area contributed by atoms with E-state index in [1.165, 1.54) is 0 Å². The minimum atomic E-state index is -1.55. The minimum Gasteiger partial charge on any atom is -0.480 e. The first-order chi connectivity index (χ1) is 13.3. The van der Waals surface area contributed by atoms with Crippen molar-refractivity contribution < 1.29 is 34.2 Å². The molecule has 0 aromatic carbocycles. The van der Waals surface area contributed by atoms with E-state index in [4.69, 9.17) is 21.7 Å². The number of carbonyl (C=O) groups excluding carboxylic acids is 4. The summed E-state index contributed by atoms with van der Waals surface area (Å²) in [4.78, 5) is 59.4. The number of aliphatic hydroxyl groups is 1. The first-order valence-electron chi connectivity index (χ1n) is 9.10. The lowest BCUT2D eigenvalue weighted by Gasteiger charge is -2.26. The highest BCUT2D eigenvalue weighted by atomic mass is 16.4. The predicted molar refractivity (Wildman–Crippen MR) is 102 cm³/mol. The Morgan fingerprint density at radius 2 is 1.34 bits per heavy atom. The largest absolute Gasteiger partial charge is 0.480 e. The smallest absolute Gasteiger partial charge is 0.328 e. The second-order valence-corrected chi connectivity index (χ2v) is 7.31. The van der Waals surface area contributed by atoms with Gasteiger partial charge >= 0.3 is 5.97 Å². The van der Waals surface area contributed by atoms with E-state index in [1.807, 2.05) is 0 Å². The van der Waals surface area contributed by atoms with Gasteiger partial charge in [0.05, 0.1) is 19.1 Å². The Bertz CT molecular complexity index is 623. The zero-order valence-electron chi connectivity index (χ0n) is 17.0. The van der Waals surface area contributed by atoms with Gasteiger partial charge in [-0.25, -0.2) is 4.79 Å². The molecule has 12 nitrogen and oxygen atoms in total. The number of rotatable bonds is 12. The summed E-state index contributed by atoms with van der Waals surface area (Å²) < 4.78 is 0. The number of carboxylic acid groups (broad SMARTS) is 1. The van der Waals surface area contributed by atoms with Crippen LogP contribution in [0.15, 0.2) is 0 Å². The van der Waals surface area contributed by atoms with E-state index in [1.54, 1.807) is 27.7 Å². The summed E-state index contributed by atoms with van der Waals surface area (Å²) in [6, 6.07) is -5.04. The van der Waals surface area contributed by atoms with Crippen molar-refractivity contribution in [2.24, 2.45) is 23.3 Å². The lowest BCUT2D eigenvalue weighted by molar-refractivity contribution is -0.143. The number of carbonyl (C=O) groups is 5. The third-order valence-corrected chi connectivity index (χ3v) is 4.10. The van der Waals surface area contributed by atoms with E-state index in [0.717, 1.165) is 0 Å². The van der Waals surface area contributed by atoms with E-state index < -0.39 is 72.7 Å². The molecular formula is C17H31N5O7. The normalized spacial score (nSPS) is 15.2. The van der Waals surface area contributed by atoms with Crippen LogP contribution in [0.3, 0.4) is 0 Å². The molecule has 0 aliphatic carbocycles. The molecule has 0 aliphatic heterocycles. The fourth-order valence-electron chi connectivity index (χ4n) is 2.22. The molecule has 0 aromatic rings. The van der Waals surface area contributed by atoms with E-state index >= 15 is 0 Å². The van der Waals surface area contributed by atoms with E-state index in [-0.39, 0.29) is 5.92 Å². The van der Waals surface area contributed by atoms with Crippen LogP contribution in [0.5, 0.6) is 0 Å². The van der Waals surface area contributed by atoms with Crippen LogP contribution in [-0.4, -0.2) is 70.6 Å². The molecule has 9 N–H and O–H groups in total. The summed E-state index contributed by atoms with van der Waals surface area (Å²) >= 11 is 0. The Kier molecular flexibility index (Phi) is 10.8. The number of hydrogen-bond acceptors (Lipinski definition) is 7. The van der Waals surface area contributed by atoms with E-state index in [9.17, 15) is 24.0 Å². The number of nitrogens with two attached hydrogens (primary N) is 2. The highest BCUT2D eigenvalue weighted by Crippen LogP contribution is 2.05. The van der Waals surface area contributed by atoms with Crippen LogP contribution < -0.4 is 27.4 Å². The predicted octanol–water partition coefficient (Wildman–Crippen LogP) is -2.97. The molecule has 0 spiro atoms. The second kappa shape index (κ2) is 12.0. The number of aliphatic carboxylic acids is 1. The average Bonchev–Trinajstić information content (AvgIpc) is 2.61. The maximum Gasteiger partial charge on any atom is 0.328 e. The van der Waals surface area contributed by atoms with Crippen LogP contribution in [0.1, 0.15) is 34.1 Å². The number of primary amides is 1. The molecule has 0 radical (unpaired) electrons. The molecule has 0 rings (SSSR count). The Hall–Kier alpha value is -2.73. The molecule has 4 amide bonds. The summed E-state index contributed by atoms with van der Waals surface area (Å²) in [5.74, 6) is -5.40. The molecule has 0 heterocycles. The van der Waals surface area contributed by atoms with Gasteiger partial charge in [0.15, 0.2) is 0 Å². The number of aliphatic hydroxyl groups excluding tert-OH is 1. The molecule has 0 bridgehead atoms. The summed E-state index contributed by atoms with van der Waals surface area (Å²) in [6.07, 6.45) is -0.525. The fraction of sp³-hybridized carbons (Fsp3) is 0.706. The summed E-state index contributed by atoms with van der Waals surface area (Å²) in [5, 5.41) is 24.8. The van der Waals surface area contributed by atoms with Crippen LogP contribution in [-0.2, 0) is 24.0 Å². The molecular weight excluding hydrogens is 386 g/mol. The fourth-order valence-corrected chi connectivity index (χ4v) is 2.22. The molecule has 166 valence electrons. The van der Waals surface area contributed by atoms with Gasteiger partial charge in [-0.3, -0.25) is 19.2 Å². The van der Waals surface area contributed by atoms with Crippen molar-refractivity contribution in [3.63, 3.8) is 0 Å². The first-order valence-corrected chi connectivity index (χ1v) is 9.10. The second-order valence-electron chi connectivity index (χ2n) is 7.31. The third kappa shape index (κ3) is 8.87. The zero-order chi connectivity index (χ0) is 22.9. The van der Waals surface area contributed by atoms with Crippen molar-refractivity contribution >= 4 is 29.6 Å². The average molecular weight is 417 g/mol. The topological polar surface area (TPSA) is 214 Å². The van der Waals surface area contributed by atoms with Crippen LogP contribution in [0.25, 0.3) is 0 Å². The van der Waals surface area contributed by atoms with Crippen molar-refractivity contribution in [1.29, 1.82) is 0 Å². The Morgan fingerprint density at radius 3 is 1.72 bits per heavy atom. The molecule has 29 heavy (non-hydrogen) atoms. The van der Waals surface area contributed by atoms with Crippen LogP contribution in [0.4, 0.5) is 0 Å². The molecule has 4 unspecified atom stereocenters. The Morgan fingerprint density at radius 1 is 0.828 bits per heavy atom. The van der Waals surface area contributed by atoms with Crippen molar-refractivity contribution in [2.75, 3.05) is 6.61 Å². The maximum atomic E-state index is 12.6. The quantitative estimate of drug-likeness (QED) is 0.174. The lowest BCUT2D eigenvalue weighted by Crippen LogP contribution is -2.59. The van der Waals surface area contributed by atoms with E-state index in [2.05, 4.69) is 16.0 Å². The highest BCUT2D eigenvalue weighted by Gasteiger charge is 2.32. The standard InChI is InChI=1S/C17H31N5O7/c1-7(2)12(19)15(26)20-9(5-11(18)24)14(25)22-13(8(3)4)16(27)21-10(6-23)17(28)29/h7-10,12-13,23H,5-6,19H2,1-4H3,(H2,18,24)(H,20,26)(H,21,27)(H,22,25)(H,28,29). The van der Waals surface area contributed by atoms with Gasteiger partial charge < -0.3 is 37.6 Å². The van der Waals surface area contributed by atoms with Crippen LogP contribution in [0.2, 0.25) is 0 Å². The van der Waals surface area contributed by atoms with Crippen LogP contribution >= 0.6 is 0 Å². The van der Waals surface area contributed by atoms with Gasteiger partial charge in [0.25, 0.3) is 0 Å². The van der Waals surface area contributed by atoms with Gasteiger partial charge in [0.1, 0.15) is 18.1 Å². The van der Waals surface area contributed by atoms with Crippen molar-refractivity contribution in [2.45, 2.75) is 58.3 Å². The number of carboxylic acids is 1. The molecule has 0 fully saturated rings. The lowest BCUT2D eigenvalue weighted by atomic mass is 10.0. The van der Waals surface area contributed by atoms with E-state index in [0.29, 0.717) is 0 Å². The third-order valence-electron chi connectivity index (χ3n) is 4.10. The maximum absolute atomic E-state index is 12.6. The first kappa shape index (κ1) is 26.3. The van der Waals surface area contributed by atoms with Crippen molar-refractivity contribution in [3.8, 4) is 0 Å². The van der Waals surface area contributed by atoms with Gasteiger partial charge in [-0.15, -0.1) is 0 Å². The summed E-state index contributed by atoms with van der Waals surface area (Å²) in [6.45, 7) is 5.75. The number of nitrogens with one attached hydrogen (secondary N) is 3. The van der Waals surface area contributed by atoms with Crippen LogP contribution in [0, 0.1) is 11.8 Å². The van der Waals surface area contributed by atoms with Gasteiger partial charge in [0, 0.05) is 0 Å². The van der Waals surface area contributed by atoms with Gasteiger partial charge in [-0.1, -0.05) is 27.7 Å². The SMILES string of the molecule is CC(C)C(N)C(=O)NC(CC(N)=O)C(=O)NC(C(=O)NC(CO)C(=O)O)C(C)C. The Labute approximate surface area is 168 Å². The molecule has 0 aliphatic rings. The van der Waals surface area contributed by atoms with Gasteiger partial charge in [0.2, 0.25) is 23.6 Å². The minimum absolute atomic E-state index is 0.229. The summed E-state index contributed by atoms with van der Waals surface area (Å²) in [5.41, 5.74) is 10.9.